The van der Waals surface area contributed by atoms with Gasteiger partial charge in [0.1, 0.15) is 5.78 Å². The lowest BCUT2D eigenvalue weighted by Gasteiger charge is -2.46. The summed E-state index contributed by atoms with van der Waals surface area (Å²) >= 11 is 0. The van der Waals surface area contributed by atoms with E-state index in [0.29, 0.717) is 30.2 Å². The zero-order valence-corrected chi connectivity index (χ0v) is 12.8. The van der Waals surface area contributed by atoms with Crippen LogP contribution >= 0.6 is 0 Å². The fourth-order valence-corrected chi connectivity index (χ4v) is 3.88. The van der Waals surface area contributed by atoms with Crippen molar-refractivity contribution in [3.05, 3.63) is 40.9 Å². The third-order valence-corrected chi connectivity index (χ3v) is 5.03. The third-order valence-electron chi connectivity index (χ3n) is 5.03. The van der Waals surface area contributed by atoms with E-state index in [2.05, 4.69) is 9.88 Å². The van der Waals surface area contributed by atoms with Gasteiger partial charge >= 0.3 is 0 Å². The average molecular weight is 313 g/mol. The van der Waals surface area contributed by atoms with Gasteiger partial charge in [0.2, 0.25) is 0 Å². The van der Waals surface area contributed by atoms with Gasteiger partial charge in [-0.2, -0.15) is 0 Å². The lowest BCUT2D eigenvalue weighted by Crippen LogP contribution is -2.56. The lowest BCUT2D eigenvalue weighted by atomic mass is 9.88. The highest BCUT2D eigenvalue weighted by atomic mass is 16.3. The first kappa shape index (κ1) is 14.5. The van der Waals surface area contributed by atoms with Gasteiger partial charge in [-0.25, -0.2) is 4.98 Å². The van der Waals surface area contributed by atoms with E-state index in [9.17, 15) is 14.7 Å². The summed E-state index contributed by atoms with van der Waals surface area (Å²) in [7, 11) is 0. The minimum absolute atomic E-state index is 0.0947. The van der Waals surface area contributed by atoms with Crippen molar-refractivity contribution in [1.29, 1.82) is 0 Å². The van der Waals surface area contributed by atoms with Gasteiger partial charge in [-0.3, -0.25) is 19.1 Å². The molecule has 1 aromatic heterocycles. The van der Waals surface area contributed by atoms with Gasteiger partial charge < -0.3 is 5.11 Å². The summed E-state index contributed by atoms with van der Waals surface area (Å²) in [6, 6.07) is 7.04. The fraction of sp³-hybridized carbons (Fsp3) is 0.471. The van der Waals surface area contributed by atoms with Crippen LogP contribution in [0.2, 0.25) is 0 Å². The SMILES string of the molecule is O=C1C[C@@H]2[C@@H](O)CCCN2[C@H](n2cnc3ccccc3c2=O)C1. The number of carbonyl (C=O) groups is 1. The molecule has 6 nitrogen and oxygen atoms in total. The van der Waals surface area contributed by atoms with E-state index < -0.39 is 6.10 Å². The van der Waals surface area contributed by atoms with Gasteiger partial charge in [-0.1, -0.05) is 12.1 Å². The highest BCUT2D eigenvalue weighted by Gasteiger charge is 2.41. The molecule has 2 fully saturated rings. The van der Waals surface area contributed by atoms with E-state index in [-0.39, 0.29) is 23.6 Å². The quantitative estimate of drug-likeness (QED) is 0.853. The number of para-hydroxylation sites is 1. The molecule has 0 aliphatic carbocycles. The van der Waals surface area contributed by atoms with Crippen molar-refractivity contribution in [2.45, 2.75) is 44.0 Å². The lowest BCUT2D eigenvalue weighted by molar-refractivity contribution is -0.134. The molecule has 0 bridgehead atoms. The minimum atomic E-state index is -0.500. The van der Waals surface area contributed by atoms with Gasteiger partial charge in [-0.15, -0.1) is 0 Å². The number of carbonyl (C=O) groups excluding carboxylic acids is 1. The summed E-state index contributed by atoms with van der Waals surface area (Å²) in [5.74, 6) is 0.0947. The largest absolute Gasteiger partial charge is 0.391 e. The Bertz CT molecular complexity index is 816. The molecule has 0 unspecified atom stereocenters. The number of hydrogen-bond donors (Lipinski definition) is 1. The van der Waals surface area contributed by atoms with Crippen molar-refractivity contribution in [1.82, 2.24) is 14.5 Å². The predicted octanol–water partition coefficient (Wildman–Crippen LogP) is 1.08. The molecular formula is C17H19N3O3. The number of aromatic nitrogens is 2. The van der Waals surface area contributed by atoms with Crippen LogP contribution in [0.15, 0.2) is 35.4 Å². The Morgan fingerprint density at radius 3 is 2.87 bits per heavy atom. The molecule has 1 aromatic carbocycles. The van der Waals surface area contributed by atoms with E-state index >= 15 is 0 Å². The maximum atomic E-state index is 12.8. The second kappa shape index (κ2) is 5.54. The van der Waals surface area contributed by atoms with E-state index in [1.165, 1.54) is 6.33 Å². The standard InChI is InChI=1S/C17H19N3O3/c21-11-8-14-15(22)6-3-7-19(14)16(9-11)20-10-18-13-5-2-1-4-12(13)17(20)23/h1-2,4-5,10,14-16,22H,3,6-9H2/t14-,15+,16-/m1/s1. The first-order valence-corrected chi connectivity index (χ1v) is 8.06. The topological polar surface area (TPSA) is 75.4 Å². The highest BCUT2D eigenvalue weighted by molar-refractivity contribution is 5.80. The number of aliphatic hydroxyl groups is 1. The maximum absolute atomic E-state index is 12.8. The molecule has 3 heterocycles. The molecule has 3 atom stereocenters. The van der Waals surface area contributed by atoms with Crippen molar-refractivity contribution < 1.29 is 9.90 Å². The monoisotopic (exact) mass is 313 g/mol. The van der Waals surface area contributed by atoms with Gasteiger partial charge in [0.05, 0.1) is 29.5 Å². The van der Waals surface area contributed by atoms with Gasteiger partial charge in [0.15, 0.2) is 0 Å². The van der Waals surface area contributed by atoms with Crippen LogP contribution in [0.5, 0.6) is 0 Å². The van der Waals surface area contributed by atoms with Crippen LogP contribution in [-0.4, -0.2) is 44.0 Å². The van der Waals surface area contributed by atoms with Crippen molar-refractivity contribution in [2.24, 2.45) is 0 Å². The van der Waals surface area contributed by atoms with Crippen LogP contribution in [0, 0.1) is 0 Å². The Morgan fingerprint density at radius 1 is 1.17 bits per heavy atom. The second-order valence-electron chi connectivity index (χ2n) is 6.42. The molecule has 2 saturated heterocycles. The van der Waals surface area contributed by atoms with Crippen LogP contribution in [0.25, 0.3) is 10.9 Å². The molecule has 2 aliphatic heterocycles. The molecule has 0 saturated carbocycles. The van der Waals surface area contributed by atoms with E-state index in [1.807, 2.05) is 12.1 Å². The maximum Gasteiger partial charge on any atom is 0.262 e. The number of aliphatic hydroxyl groups excluding tert-OH is 1. The average Bonchev–Trinajstić information content (AvgIpc) is 2.56. The Labute approximate surface area is 133 Å². The molecule has 4 rings (SSSR count). The van der Waals surface area contributed by atoms with E-state index in [1.54, 1.807) is 16.7 Å². The molecule has 6 heteroatoms. The molecule has 2 aromatic rings. The number of Topliss-reactive ketones (excluding diaryl/α,β-unsaturated/α-hetero) is 1. The Kier molecular flexibility index (Phi) is 3.50. The van der Waals surface area contributed by atoms with Crippen LogP contribution in [0.4, 0.5) is 0 Å². The smallest absolute Gasteiger partial charge is 0.262 e. The predicted molar refractivity (Wildman–Crippen MR) is 85.0 cm³/mol. The molecule has 0 radical (unpaired) electrons. The number of benzene rings is 1. The number of ketones is 1. The molecule has 23 heavy (non-hydrogen) atoms. The van der Waals surface area contributed by atoms with Crippen LogP contribution < -0.4 is 5.56 Å². The minimum Gasteiger partial charge on any atom is -0.391 e. The number of fused-ring (bicyclic) bond motifs is 2. The summed E-state index contributed by atoms with van der Waals surface area (Å²) in [6.07, 6.45) is 2.94. The first-order chi connectivity index (χ1) is 11.1. The van der Waals surface area contributed by atoms with Crippen molar-refractivity contribution in [3.63, 3.8) is 0 Å². The summed E-state index contributed by atoms with van der Waals surface area (Å²) in [4.78, 5) is 31.4. The zero-order valence-electron chi connectivity index (χ0n) is 12.8. The van der Waals surface area contributed by atoms with Crippen LogP contribution in [-0.2, 0) is 4.79 Å². The van der Waals surface area contributed by atoms with Gasteiger partial charge in [0, 0.05) is 25.4 Å². The third kappa shape index (κ3) is 2.38. The molecule has 1 N–H and O–H groups in total. The summed E-state index contributed by atoms with van der Waals surface area (Å²) in [5, 5.41) is 10.8. The number of rotatable bonds is 1. The number of piperidine rings is 2. The molecular weight excluding hydrogens is 294 g/mol. The van der Waals surface area contributed by atoms with Crippen molar-refractivity contribution >= 4 is 16.7 Å². The summed E-state index contributed by atoms with van der Waals surface area (Å²) < 4.78 is 1.56. The second-order valence-corrected chi connectivity index (χ2v) is 6.42. The number of hydrogen-bond acceptors (Lipinski definition) is 5. The van der Waals surface area contributed by atoms with E-state index in [4.69, 9.17) is 0 Å². The Morgan fingerprint density at radius 2 is 2.00 bits per heavy atom. The van der Waals surface area contributed by atoms with Gasteiger partial charge in [0.25, 0.3) is 5.56 Å². The van der Waals surface area contributed by atoms with E-state index in [0.717, 1.165) is 13.0 Å². The first-order valence-electron chi connectivity index (χ1n) is 8.06. The molecule has 2 aliphatic rings. The summed E-state index contributed by atoms with van der Waals surface area (Å²) in [6.45, 7) is 0.791. The number of nitrogens with zero attached hydrogens (tertiary/aromatic N) is 3. The van der Waals surface area contributed by atoms with Gasteiger partial charge in [-0.05, 0) is 25.0 Å². The molecule has 0 spiro atoms. The van der Waals surface area contributed by atoms with Crippen LogP contribution in [0.1, 0.15) is 31.8 Å². The Hall–Kier alpha value is -2.05. The Balaban J connectivity index is 1.80. The normalized spacial score (nSPS) is 28.7. The fourth-order valence-electron chi connectivity index (χ4n) is 3.88. The van der Waals surface area contributed by atoms with Crippen molar-refractivity contribution in [3.8, 4) is 0 Å². The van der Waals surface area contributed by atoms with Crippen LogP contribution in [0.3, 0.4) is 0 Å². The highest BCUT2D eigenvalue weighted by Crippen LogP contribution is 2.33. The molecule has 0 amide bonds. The molecule has 120 valence electrons. The van der Waals surface area contributed by atoms with Crippen molar-refractivity contribution in [2.75, 3.05) is 6.54 Å². The summed E-state index contributed by atoms with van der Waals surface area (Å²) in [5.41, 5.74) is 0.528. The zero-order chi connectivity index (χ0) is 16.0.